The minimum atomic E-state index is -0.424. The summed E-state index contributed by atoms with van der Waals surface area (Å²) in [6.45, 7) is 5.11. The number of nitrogens with two attached hydrogens (primary N) is 1. The predicted octanol–water partition coefficient (Wildman–Crippen LogP) is 7.54. The van der Waals surface area contributed by atoms with E-state index in [4.69, 9.17) is 5.14 Å². The summed E-state index contributed by atoms with van der Waals surface area (Å²) in [6, 6.07) is 12.3. The highest BCUT2D eigenvalue weighted by Crippen LogP contribution is 2.40. The Morgan fingerprint density at radius 2 is 1.83 bits per heavy atom. The molecule has 2 aromatic carbocycles. The van der Waals surface area contributed by atoms with Crippen LogP contribution in [0.2, 0.25) is 0 Å². The van der Waals surface area contributed by atoms with Crippen LogP contribution in [0, 0.1) is 17.1 Å². The number of anilines is 1. The van der Waals surface area contributed by atoms with Gasteiger partial charge >= 0.3 is 0 Å². The van der Waals surface area contributed by atoms with Crippen molar-refractivity contribution in [2.75, 3.05) is 24.0 Å². The van der Waals surface area contributed by atoms with E-state index in [9.17, 15) is 9.65 Å². The molecule has 0 amide bonds. The van der Waals surface area contributed by atoms with Gasteiger partial charge in [-0.15, -0.1) is 0 Å². The lowest BCUT2D eigenvalue weighted by molar-refractivity contribution is 0.422. The van der Waals surface area contributed by atoms with Gasteiger partial charge in [0.05, 0.1) is 5.56 Å². The molecule has 1 atom stereocenters. The van der Waals surface area contributed by atoms with Gasteiger partial charge in [0.1, 0.15) is 11.9 Å². The maximum atomic E-state index is 14.8. The first-order valence-corrected chi connectivity index (χ1v) is 14.4. The first-order chi connectivity index (χ1) is 16.5. The van der Waals surface area contributed by atoms with Crippen LogP contribution < -0.4 is 14.8 Å². The number of benzene rings is 2. The van der Waals surface area contributed by atoms with Gasteiger partial charge in [-0.25, -0.2) is 4.39 Å². The minimum absolute atomic E-state index is 0. The van der Waals surface area contributed by atoms with Crippen molar-refractivity contribution in [2.24, 2.45) is 5.14 Å². The van der Waals surface area contributed by atoms with Crippen LogP contribution in [-0.2, 0) is 6.42 Å². The SMILES string of the molecule is C.C=C(NSC)c1ccc2c(c1)-c1cc(C#N)c(F)cc1N1CCCCC1CCCCC2.CSN. The fourth-order valence-electron chi connectivity index (χ4n) is 5.01. The lowest BCUT2D eigenvalue weighted by Crippen LogP contribution is -2.40. The number of hydrogen-bond acceptors (Lipinski definition) is 6. The Hall–Kier alpha value is -2.14. The molecule has 0 radical (unpaired) electrons. The third-order valence-electron chi connectivity index (χ3n) is 6.60. The van der Waals surface area contributed by atoms with Crippen LogP contribution in [0.4, 0.5) is 10.1 Å². The summed E-state index contributed by atoms with van der Waals surface area (Å²) in [5.74, 6) is -0.424. The normalized spacial score (nSPS) is 17.0. The Balaban J connectivity index is 0.00000103. The zero-order valence-corrected chi connectivity index (χ0v) is 21.8. The van der Waals surface area contributed by atoms with E-state index in [-0.39, 0.29) is 13.0 Å². The lowest BCUT2D eigenvalue weighted by Gasteiger charge is -2.39. The molecule has 4 rings (SSSR count). The van der Waals surface area contributed by atoms with Crippen LogP contribution >= 0.6 is 23.9 Å². The van der Waals surface area contributed by atoms with Gasteiger partial charge in [-0.3, -0.25) is 5.14 Å². The van der Waals surface area contributed by atoms with Gasteiger partial charge in [0.15, 0.2) is 0 Å². The van der Waals surface area contributed by atoms with Crippen LogP contribution in [0.25, 0.3) is 16.8 Å². The van der Waals surface area contributed by atoms with Gasteiger partial charge < -0.3 is 9.62 Å². The number of nitrogens with zero attached hydrogens (tertiary/aromatic N) is 2. The zero-order valence-electron chi connectivity index (χ0n) is 20.2. The Kier molecular flexibility index (Phi) is 12.0. The van der Waals surface area contributed by atoms with Gasteiger partial charge in [-0.2, -0.15) is 5.26 Å². The third-order valence-corrected chi connectivity index (χ3v) is 7.05. The van der Waals surface area contributed by atoms with Crippen molar-refractivity contribution >= 4 is 35.3 Å². The van der Waals surface area contributed by atoms with Crippen molar-refractivity contribution in [1.82, 2.24) is 4.72 Å². The van der Waals surface area contributed by atoms with Crippen LogP contribution in [0.5, 0.6) is 0 Å². The van der Waals surface area contributed by atoms with Crippen molar-refractivity contribution in [3.63, 3.8) is 0 Å². The van der Waals surface area contributed by atoms with E-state index in [0.29, 0.717) is 6.04 Å². The van der Waals surface area contributed by atoms with Crippen LogP contribution in [0.1, 0.15) is 69.1 Å². The maximum Gasteiger partial charge on any atom is 0.143 e. The summed E-state index contributed by atoms with van der Waals surface area (Å²) in [6.07, 6.45) is 13.0. The van der Waals surface area contributed by atoms with Gasteiger partial charge in [0.2, 0.25) is 0 Å². The van der Waals surface area contributed by atoms with Crippen molar-refractivity contribution in [2.45, 2.75) is 64.8 Å². The van der Waals surface area contributed by atoms with Crippen molar-refractivity contribution in [3.8, 4) is 17.2 Å². The molecule has 7 heteroatoms. The molecular formula is C28H39FN4S2. The molecule has 0 spiro atoms. The summed E-state index contributed by atoms with van der Waals surface area (Å²) in [5.41, 5.74) is 6.24. The largest absolute Gasteiger partial charge is 0.368 e. The van der Waals surface area contributed by atoms with E-state index in [1.807, 2.05) is 12.5 Å². The Morgan fingerprint density at radius 3 is 2.51 bits per heavy atom. The molecule has 0 aliphatic carbocycles. The number of fused-ring (bicyclic) bond motifs is 5. The summed E-state index contributed by atoms with van der Waals surface area (Å²) in [7, 11) is 0. The van der Waals surface area contributed by atoms with E-state index in [2.05, 4.69) is 40.5 Å². The fraction of sp³-hybridized carbons (Fsp3) is 0.464. The molecule has 0 bridgehead atoms. The van der Waals surface area contributed by atoms with E-state index in [1.165, 1.54) is 48.7 Å². The van der Waals surface area contributed by atoms with E-state index in [1.54, 1.807) is 12.1 Å². The molecule has 35 heavy (non-hydrogen) atoms. The lowest BCUT2D eigenvalue weighted by atomic mass is 9.90. The smallest absolute Gasteiger partial charge is 0.143 e. The van der Waals surface area contributed by atoms with Crippen LogP contribution in [0.3, 0.4) is 0 Å². The molecule has 3 N–H and O–H groups in total. The maximum absolute atomic E-state index is 14.8. The quantitative estimate of drug-likeness (QED) is 0.413. The molecular weight excluding hydrogens is 475 g/mol. The highest BCUT2D eigenvalue weighted by atomic mass is 32.2. The highest BCUT2D eigenvalue weighted by molar-refractivity contribution is 7.97. The van der Waals surface area contributed by atoms with Crippen molar-refractivity contribution in [3.05, 3.63) is 59.4 Å². The Labute approximate surface area is 219 Å². The molecule has 2 aromatic rings. The summed E-state index contributed by atoms with van der Waals surface area (Å²) in [5, 5.41) is 14.3. The minimum Gasteiger partial charge on any atom is -0.368 e. The van der Waals surface area contributed by atoms with Crippen molar-refractivity contribution < 1.29 is 4.39 Å². The number of nitriles is 1. The van der Waals surface area contributed by atoms with Crippen molar-refractivity contribution in [1.29, 1.82) is 5.26 Å². The van der Waals surface area contributed by atoms with Gasteiger partial charge in [-0.05, 0) is 79.7 Å². The van der Waals surface area contributed by atoms with Gasteiger partial charge in [0.25, 0.3) is 0 Å². The van der Waals surface area contributed by atoms with E-state index < -0.39 is 5.82 Å². The molecule has 2 aliphatic rings. The second kappa shape index (κ2) is 14.4. The molecule has 2 heterocycles. The number of hydrogen-bond donors (Lipinski definition) is 2. The monoisotopic (exact) mass is 514 g/mol. The third kappa shape index (κ3) is 7.19. The first-order valence-electron chi connectivity index (χ1n) is 11.9. The molecule has 0 aromatic heterocycles. The first kappa shape index (κ1) is 29.1. The Bertz CT molecular complexity index is 1030. The van der Waals surface area contributed by atoms with Gasteiger partial charge in [-0.1, -0.05) is 62.9 Å². The summed E-state index contributed by atoms with van der Waals surface area (Å²) < 4.78 is 18.1. The highest BCUT2D eigenvalue weighted by Gasteiger charge is 2.27. The molecule has 1 fully saturated rings. The van der Waals surface area contributed by atoms with Crippen LogP contribution in [0.15, 0.2) is 36.9 Å². The molecule has 0 saturated carbocycles. The number of nitrogens with one attached hydrogen (secondary N) is 1. The van der Waals surface area contributed by atoms with E-state index >= 15 is 0 Å². The predicted molar refractivity (Wildman–Crippen MR) is 154 cm³/mol. The average molecular weight is 515 g/mol. The van der Waals surface area contributed by atoms with Gasteiger partial charge in [0, 0.05) is 35.8 Å². The molecule has 1 unspecified atom stereocenters. The average Bonchev–Trinajstić information content (AvgIpc) is 2.87. The number of halogens is 1. The van der Waals surface area contributed by atoms with Crippen LogP contribution in [-0.4, -0.2) is 25.1 Å². The second-order valence-corrected chi connectivity index (χ2v) is 9.88. The number of rotatable bonds is 3. The topological polar surface area (TPSA) is 65.1 Å². The molecule has 2 aliphatic heterocycles. The second-order valence-electron chi connectivity index (χ2n) is 8.80. The Morgan fingerprint density at radius 1 is 1.11 bits per heavy atom. The summed E-state index contributed by atoms with van der Waals surface area (Å²) >= 11 is 2.77. The molecule has 4 nitrogen and oxygen atoms in total. The molecule has 190 valence electrons. The molecule has 1 saturated heterocycles. The number of aryl methyl sites for hydroxylation is 1. The fourth-order valence-corrected chi connectivity index (χ4v) is 5.37. The summed E-state index contributed by atoms with van der Waals surface area (Å²) in [4.78, 5) is 2.42. The zero-order chi connectivity index (χ0) is 24.5. The van der Waals surface area contributed by atoms with E-state index in [0.717, 1.165) is 66.7 Å². The number of piperidine rings is 1. The standard InChI is InChI=1S/C26H30FN3S.CH5NS.CH4/c1-18(29-31-2)20-12-11-19-8-4-3-5-9-22-10-6-7-13-30(22)26-16-25(27)21(17-28)15-24(26)23(19)14-20;1-3-2;/h11-12,14-16,22,29H,1,3-10,13H2,2H3;2H2,1H3;1H4.